The van der Waals surface area contributed by atoms with Crippen LogP contribution in [0.4, 0.5) is 4.39 Å². The number of amides is 1. The fourth-order valence-corrected chi connectivity index (χ4v) is 2.25. The van der Waals surface area contributed by atoms with Crippen molar-refractivity contribution in [1.29, 1.82) is 0 Å². The van der Waals surface area contributed by atoms with Crippen LogP contribution in [0.3, 0.4) is 0 Å². The highest BCUT2D eigenvalue weighted by molar-refractivity contribution is 6.67. The van der Waals surface area contributed by atoms with Gasteiger partial charge in [0.05, 0.1) is 12.2 Å². The molecule has 5 heteroatoms. The number of rotatable bonds is 3. The highest BCUT2D eigenvalue weighted by Gasteiger charge is 2.27. The molecule has 0 unspecified atom stereocenters. The summed E-state index contributed by atoms with van der Waals surface area (Å²) in [6.07, 6.45) is 0.856. The molecule has 1 amide bonds. The molecule has 0 spiro atoms. The Bertz CT molecular complexity index is 478. The van der Waals surface area contributed by atoms with Crippen molar-refractivity contribution in [3.05, 3.63) is 29.1 Å². The highest BCUT2D eigenvalue weighted by Crippen LogP contribution is 2.17. The van der Waals surface area contributed by atoms with E-state index in [0.717, 1.165) is 17.4 Å². The zero-order valence-corrected chi connectivity index (χ0v) is 11.0. The number of carbonyl (C=O) groups is 1. The fourth-order valence-electron chi connectivity index (χ4n) is 2.25. The third kappa shape index (κ3) is 2.27. The SMILES string of the molecule is CCCN(C)C(=O)c1cc2c(cc1F)B(C)OC2. The van der Waals surface area contributed by atoms with E-state index in [0.29, 0.717) is 13.2 Å². The van der Waals surface area contributed by atoms with Gasteiger partial charge < -0.3 is 9.55 Å². The lowest BCUT2D eigenvalue weighted by molar-refractivity contribution is 0.0790. The Hall–Kier alpha value is -1.36. The van der Waals surface area contributed by atoms with Crippen molar-refractivity contribution >= 4 is 18.3 Å². The first-order chi connectivity index (χ1) is 8.54. The molecule has 0 fully saturated rings. The highest BCUT2D eigenvalue weighted by atomic mass is 19.1. The molecular weight excluding hydrogens is 232 g/mol. The largest absolute Gasteiger partial charge is 0.427 e. The summed E-state index contributed by atoms with van der Waals surface area (Å²) in [6, 6.07) is 3.06. The zero-order chi connectivity index (χ0) is 13.3. The van der Waals surface area contributed by atoms with E-state index in [9.17, 15) is 9.18 Å². The molecule has 0 aromatic heterocycles. The van der Waals surface area contributed by atoms with Crippen LogP contribution in [0.15, 0.2) is 12.1 Å². The Morgan fingerprint density at radius 2 is 2.28 bits per heavy atom. The molecule has 0 atom stereocenters. The van der Waals surface area contributed by atoms with Crippen molar-refractivity contribution < 1.29 is 13.8 Å². The third-order valence-electron chi connectivity index (χ3n) is 3.29. The summed E-state index contributed by atoms with van der Waals surface area (Å²) in [6.45, 7) is 4.86. The van der Waals surface area contributed by atoms with Crippen LogP contribution < -0.4 is 5.46 Å². The van der Waals surface area contributed by atoms with Crippen LogP contribution >= 0.6 is 0 Å². The van der Waals surface area contributed by atoms with Crippen LogP contribution in [0.5, 0.6) is 0 Å². The summed E-state index contributed by atoms with van der Waals surface area (Å²) in [5.74, 6) is -0.726. The molecular formula is C13H17BFNO2. The van der Waals surface area contributed by atoms with Gasteiger partial charge in [-0.1, -0.05) is 13.7 Å². The van der Waals surface area contributed by atoms with Crippen LogP contribution in [0.25, 0.3) is 0 Å². The Balaban J connectivity index is 2.32. The van der Waals surface area contributed by atoms with E-state index in [4.69, 9.17) is 4.65 Å². The van der Waals surface area contributed by atoms with E-state index in [-0.39, 0.29) is 18.4 Å². The second-order valence-corrected chi connectivity index (χ2v) is 4.71. The maximum Gasteiger partial charge on any atom is 0.324 e. The van der Waals surface area contributed by atoms with E-state index in [2.05, 4.69) is 0 Å². The number of benzene rings is 1. The Kier molecular flexibility index (Phi) is 3.71. The second-order valence-electron chi connectivity index (χ2n) is 4.71. The molecule has 3 nitrogen and oxygen atoms in total. The molecule has 1 aromatic rings. The van der Waals surface area contributed by atoms with Crippen LogP contribution in [0.2, 0.25) is 6.82 Å². The lowest BCUT2D eigenvalue weighted by Crippen LogP contribution is -2.30. The zero-order valence-electron chi connectivity index (χ0n) is 11.0. The van der Waals surface area contributed by atoms with Crippen molar-refractivity contribution in [3.63, 3.8) is 0 Å². The molecule has 0 saturated carbocycles. The number of carbonyl (C=O) groups excluding carboxylic acids is 1. The monoisotopic (exact) mass is 249 g/mol. The molecule has 0 aliphatic carbocycles. The minimum absolute atomic E-state index is 0.0907. The molecule has 0 N–H and O–H groups in total. The quantitative estimate of drug-likeness (QED) is 0.762. The van der Waals surface area contributed by atoms with Crippen molar-refractivity contribution in [2.75, 3.05) is 13.6 Å². The maximum atomic E-state index is 14.0. The maximum absolute atomic E-state index is 14.0. The predicted molar refractivity (Wildman–Crippen MR) is 69.7 cm³/mol. The Labute approximate surface area is 107 Å². The number of hydrogen-bond donors (Lipinski definition) is 0. The van der Waals surface area contributed by atoms with Gasteiger partial charge in [0.15, 0.2) is 0 Å². The molecule has 1 aliphatic rings. The van der Waals surface area contributed by atoms with Crippen molar-refractivity contribution in [2.24, 2.45) is 0 Å². The molecule has 1 aliphatic heterocycles. The van der Waals surface area contributed by atoms with Gasteiger partial charge in [-0.2, -0.15) is 0 Å². The number of fused-ring (bicyclic) bond motifs is 1. The number of halogens is 1. The average Bonchev–Trinajstić information content (AvgIpc) is 2.69. The molecule has 0 radical (unpaired) electrons. The molecule has 2 rings (SSSR count). The summed E-state index contributed by atoms with van der Waals surface area (Å²) in [7, 11) is 1.69. The van der Waals surface area contributed by atoms with E-state index in [1.165, 1.54) is 6.07 Å². The van der Waals surface area contributed by atoms with Gasteiger partial charge in [-0.15, -0.1) is 0 Å². The smallest absolute Gasteiger partial charge is 0.324 e. The van der Waals surface area contributed by atoms with Crippen LogP contribution in [0.1, 0.15) is 29.3 Å². The summed E-state index contributed by atoms with van der Waals surface area (Å²) in [5, 5.41) is 0. The Morgan fingerprint density at radius 3 is 2.94 bits per heavy atom. The normalized spacial score (nSPS) is 13.7. The van der Waals surface area contributed by atoms with Gasteiger partial charge in [-0.05, 0) is 29.6 Å². The molecule has 1 heterocycles. The lowest BCUT2D eigenvalue weighted by Gasteiger charge is -2.17. The van der Waals surface area contributed by atoms with Crippen molar-refractivity contribution in [2.45, 2.75) is 26.8 Å². The van der Waals surface area contributed by atoms with Gasteiger partial charge in [0.25, 0.3) is 5.91 Å². The van der Waals surface area contributed by atoms with Crippen molar-refractivity contribution in [1.82, 2.24) is 4.90 Å². The predicted octanol–water partition coefficient (Wildman–Crippen LogP) is 1.67. The van der Waals surface area contributed by atoms with Gasteiger partial charge in [-0.25, -0.2) is 4.39 Å². The van der Waals surface area contributed by atoms with E-state index in [1.807, 2.05) is 13.7 Å². The minimum atomic E-state index is -0.459. The minimum Gasteiger partial charge on any atom is -0.427 e. The van der Waals surface area contributed by atoms with Gasteiger partial charge in [0.1, 0.15) is 5.82 Å². The number of nitrogens with zero attached hydrogens (tertiary/aromatic N) is 1. The topological polar surface area (TPSA) is 29.5 Å². The first-order valence-electron chi connectivity index (χ1n) is 6.24. The fraction of sp³-hybridized carbons (Fsp3) is 0.462. The molecule has 96 valence electrons. The standard InChI is InChI=1S/C13H17BFNO2/c1-4-5-16(3)13(17)10-6-9-8-18-14(2)11(9)7-12(10)15/h6-7H,4-5,8H2,1-3H3. The van der Waals surface area contributed by atoms with Crippen LogP contribution in [-0.4, -0.2) is 31.3 Å². The molecule has 1 aromatic carbocycles. The van der Waals surface area contributed by atoms with Gasteiger partial charge in [-0.3, -0.25) is 4.79 Å². The first kappa shape index (κ1) is 13.1. The lowest BCUT2D eigenvalue weighted by atomic mass is 9.64. The first-order valence-corrected chi connectivity index (χ1v) is 6.24. The number of hydrogen-bond acceptors (Lipinski definition) is 2. The van der Waals surface area contributed by atoms with Crippen LogP contribution in [-0.2, 0) is 11.3 Å². The van der Waals surface area contributed by atoms with Crippen LogP contribution in [0, 0.1) is 5.82 Å². The van der Waals surface area contributed by atoms with Crippen molar-refractivity contribution in [3.8, 4) is 0 Å². The summed E-state index contributed by atoms with van der Waals surface area (Å²) < 4.78 is 19.4. The Morgan fingerprint density at radius 1 is 1.56 bits per heavy atom. The molecule has 0 saturated heterocycles. The average molecular weight is 249 g/mol. The van der Waals surface area contributed by atoms with Gasteiger partial charge in [0.2, 0.25) is 0 Å². The van der Waals surface area contributed by atoms with E-state index < -0.39 is 5.82 Å². The molecule has 0 bridgehead atoms. The van der Waals surface area contributed by atoms with Gasteiger partial charge in [0, 0.05) is 13.6 Å². The second kappa shape index (κ2) is 5.10. The van der Waals surface area contributed by atoms with Gasteiger partial charge >= 0.3 is 6.92 Å². The summed E-state index contributed by atoms with van der Waals surface area (Å²) >= 11 is 0. The van der Waals surface area contributed by atoms with E-state index >= 15 is 0 Å². The summed E-state index contributed by atoms with van der Waals surface area (Å²) in [5.41, 5.74) is 1.90. The van der Waals surface area contributed by atoms with E-state index in [1.54, 1.807) is 18.0 Å². The summed E-state index contributed by atoms with van der Waals surface area (Å²) in [4.78, 5) is 13.6. The molecule has 18 heavy (non-hydrogen) atoms. The third-order valence-corrected chi connectivity index (χ3v) is 3.29.